The molecular weight excluding hydrogens is 409 g/mol. The zero-order chi connectivity index (χ0) is 18.1. The van der Waals surface area contributed by atoms with Crippen LogP contribution in [0.5, 0.6) is 0 Å². The zero-order valence-corrected chi connectivity index (χ0v) is 16.5. The van der Waals surface area contributed by atoms with Crippen LogP contribution in [0.4, 0.5) is 4.39 Å². The molecule has 0 aliphatic heterocycles. The Kier molecular flexibility index (Phi) is 8.82. The third-order valence-corrected chi connectivity index (χ3v) is 7.39. The van der Waals surface area contributed by atoms with Gasteiger partial charge in [0, 0.05) is 0 Å². The van der Waals surface area contributed by atoms with Crippen molar-refractivity contribution < 1.29 is 39.3 Å². The molecule has 0 spiro atoms. The second kappa shape index (κ2) is 10.9. The van der Waals surface area contributed by atoms with Gasteiger partial charge in [-0.05, 0) is 0 Å². The Morgan fingerprint density at radius 3 is 1.80 bits per heavy atom. The van der Waals surface area contributed by atoms with Gasteiger partial charge in [0.1, 0.15) is 0 Å². The molecule has 0 radical (unpaired) electrons. The standard InChI is InChI=1S/C8H17.C6H4F.C6H4.2Co.2O/c1-3-5-7-8-6-4-2;7-6-4-2-1-3-5-6;1-2-4-6-5-3-1;;;;/h1,3-8H2,2H3;2-5H;1-2,5-6H;;;;. The van der Waals surface area contributed by atoms with E-state index in [1.807, 2.05) is 0 Å². The molecule has 0 aromatic heterocycles. The van der Waals surface area contributed by atoms with Gasteiger partial charge in [-0.3, -0.25) is 0 Å². The molecule has 2 nitrogen and oxygen atoms in total. The van der Waals surface area contributed by atoms with Gasteiger partial charge >= 0.3 is 158 Å². The van der Waals surface area contributed by atoms with Gasteiger partial charge in [0.25, 0.3) is 0 Å². The summed E-state index contributed by atoms with van der Waals surface area (Å²) in [6.45, 7) is 2.20. The summed E-state index contributed by atoms with van der Waals surface area (Å²) in [4.78, 5) is 0. The van der Waals surface area contributed by atoms with Gasteiger partial charge in [-0.15, -0.1) is 0 Å². The number of rotatable bonds is 10. The van der Waals surface area contributed by atoms with Gasteiger partial charge in [0.2, 0.25) is 0 Å². The molecule has 0 N–H and O–H groups in total. The average Bonchev–Trinajstić information content (AvgIpc) is 2.64. The van der Waals surface area contributed by atoms with Gasteiger partial charge in [-0.1, -0.05) is 0 Å². The molecule has 0 amide bonds. The topological polar surface area (TPSA) is 34.1 Å². The number of halogens is 1. The first-order valence-electron chi connectivity index (χ1n) is 8.55. The SMILES string of the molecule is CCCCCCC[CH2][Co](=[O])[c]1cc[c]([Co](=[O])[c]2ccc(F)cc2)cc1. The van der Waals surface area contributed by atoms with E-state index in [-0.39, 0.29) is 5.82 Å². The molecule has 0 aliphatic rings. The maximum absolute atomic E-state index is 13.0. The Bertz CT molecular complexity index is 697. The van der Waals surface area contributed by atoms with Gasteiger partial charge in [-0.2, -0.15) is 0 Å². The molecule has 25 heavy (non-hydrogen) atoms. The fourth-order valence-electron chi connectivity index (χ4n) is 2.34. The second-order valence-corrected chi connectivity index (χ2v) is 9.62. The molecule has 2 aromatic rings. The molecule has 0 fully saturated rings. The first kappa shape index (κ1) is 20.3. The second-order valence-electron chi connectivity index (χ2n) is 5.73. The molecule has 0 aliphatic carbocycles. The molecule has 0 heterocycles. The number of unbranched alkanes of at least 4 members (excludes halogenated alkanes) is 5. The van der Waals surface area contributed by atoms with E-state index in [9.17, 15) is 12.1 Å². The van der Waals surface area contributed by atoms with E-state index in [0.717, 1.165) is 17.3 Å². The molecule has 0 atom stereocenters. The van der Waals surface area contributed by atoms with Crippen molar-refractivity contribution in [1.29, 1.82) is 0 Å². The van der Waals surface area contributed by atoms with Crippen molar-refractivity contribution in [2.24, 2.45) is 0 Å². The fraction of sp³-hybridized carbons (Fsp3) is 0.400. The molecular formula is C20H25Co2FO2. The molecule has 0 saturated carbocycles. The summed E-state index contributed by atoms with van der Waals surface area (Å²) in [5, 5.41) is 0.711. The van der Waals surface area contributed by atoms with E-state index in [4.69, 9.17) is 0 Å². The molecule has 2 aromatic carbocycles. The van der Waals surface area contributed by atoms with Crippen LogP contribution in [0.2, 0.25) is 5.36 Å². The first-order valence-corrected chi connectivity index (χ1v) is 11.7. The maximum atomic E-state index is 13.0. The van der Waals surface area contributed by atoms with Crippen LogP contribution in [0.3, 0.4) is 0 Å². The third-order valence-electron chi connectivity index (χ3n) is 3.75. The van der Waals surface area contributed by atoms with Crippen LogP contribution in [0.1, 0.15) is 45.4 Å². The van der Waals surface area contributed by atoms with Crippen molar-refractivity contribution in [2.75, 3.05) is 0 Å². The molecule has 0 bridgehead atoms. The summed E-state index contributed by atoms with van der Waals surface area (Å²) in [6, 6.07) is 12.9. The van der Waals surface area contributed by atoms with Crippen LogP contribution in [0.15, 0.2) is 48.5 Å². The predicted molar refractivity (Wildman–Crippen MR) is 91.3 cm³/mol. The van der Waals surface area contributed by atoms with Crippen molar-refractivity contribution in [3.8, 4) is 0 Å². The van der Waals surface area contributed by atoms with Crippen molar-refractivity contribution in [2.45, 2.75) is 50.8 Å². The van der Waals surface area contributed by atoms with E-state index in [1.54, 1.807) is 36.4 Å². The Labute approximate surface area is 157 Å². The van der Waals surface area contributed by atoms with Crippen molar-refractivity contribution in [3.05, 3.63) is 54.3 Å². The Morgan fingerprint density at radius 1 is 0.720 bits per heavy atom. The monoisotopic (exact) mass is 434 g/mol. The van der Waals surface area contributed by atoms with Crippen LogP contribution in [0, 0.1) is 5.82 Å². The Morgan fingerprint density at radius 2 is 1.20 bits per heavy atom. The van der Waals surface area contributed by atoms with Crippen LogP contribution in [-0.4, -0.2) is 0 Å². The van der Waals surface area contributed by atoms with Crippen molar-refractivity contribution in [3.63, 3.8) is 0 Å². The molecule has 0 saturated heterocycles. The van der Waals surface area contributed by atoms with Crippen LogP contribution >= 0.6 is 0 Å². The summed E-state index contributed by atoms with van der Waals surface area (Å²) < 4.78 is 39.9. The summed E-state index contributed by atoms with van der Waals surface area (Å²) >= 11 is -3.08. The minimum absolute atomic E-state index is 0.339. The first-order chi connectivity index (χ1) is 12.1. The normalized spacial score (nSPS) is 12.1. The van der Waals surface area contributed by atoms with E-state index < -0.39 is 27.2 Å². The van der Waals surface area contributed by atoms with E-state index >= 15 is 0 Å². The molecule has 2 rings (SSSR count). The summed E-state index contributed by atoms with van der Waals surface area (Å²) in [5.41, 5.74) is 0. The number of hydrogen-bond acceptors (Lipinski definition) is 2. The van der Waals surface area contributed by atoms with Crippen LogP contribution in [-0.2, 0) is 34.9 Å². The quantitative estimate of drug-likeness (QED) is 0.528. The van der Waals surface area contributed by atoms with Crippen LogP contribution in [0.25, 0.3) is 0 Å². The summed E-state index contributed by atoms with van der Waals surface area (Å²) in [7, 11) is 0. The van der Waals surface area contributed by atoms with Crippen LogP contribution < -0.4 is 13.5 Å². The average molecular weight is 434 g/mol. The molecule has 5 heteroatoms. The van der Waals surface area contributed by atoms with Gasteiger partial charge in [-0.25, -0.2) is 0 Å². The predicted octanol–water partition coefficient (Wildman–Crippen LogP) is 4.11. The summed E-state index contributed by atoms with van der Waals surface area (Å²) in [5.74, 6) is -0.339. The van der Waals surface area contributed by atoms with E-state index in [0.29, 0.717) is 14.4 Å². The van der Waals surface area contributed by atoms with Crippen molar-refractivity contribution >= 4 is 13.5 Å². The van der Waals surface area contributed by atoms with Gasteiger partial charge < -0.3 is 0 Å². The third kappa shape index (κ3) is 6.66. The molecule has 0 unspecified atom stereocenters. The zero-order valence-electron chi connectivity index (χ0n) is 14.4. The van der Waals surface area contributed by atoms with Gasteiger partial charge in [0.05, 0.1) is 0 Å². The number of benzene rings is 2. The van der Waals surface area contributed by atoms with Gasteiger partial charge in [0.15, 0.2) is 0 Å². The summed E-state index contributed by atoms with van der Waals surface area (Å²) in [6.07, 6.45) is 7.12. The fourth-order valence-corrected chi connectivity index (χ4v) is 5.12. The van der Waals surface area contributed by atoms with Crippen molar-refractivity contribution in [1.82, 2.24) is 0 Å². The number of hydrogen-bond donors (Lipinski definition) is 0. The molecule has 142 valence electrons. The van der Waals surface area contributed by atoms with E-state index in [2.05, 4.69) is 6.92 Å². The minimum atomic E-state index is -1.72. The Hall–Kier alpha value is -1.02. The van der Waals surface area contributed by atoms with E-state index in [1.165, 1.54) is 37.8 Å². The Balaban J connectivity index is 1.87.